The lowest BCUT2D eigenvalue weighted by atomic mass is 9.83. The normalized spacial score (nSPS) is 26.2. The maximum atomic E-state index is 13.8. The molecule has 2 aromatic carbocycles. The Morgan fingerprint density at radius 1 is 1.06 bits per heavy atom. The van der Waals surface area contributed by atoms with Crippen LogP contribution in [0.15, 0.2) is 48.5 Å². The first kappa shape index (κ1) is 23.9. The van der Waals surface area contributed by atoms with Crippen molar-refractivity contribution in [3.63, 3.8) is 0 Å². The summed E-state index contributed by atoms with van der Waals surface area (Å²) in [6, 6.07) is 15.6. The molecule has 5 nitrogen and oxygen atoms in total. The molecule has 0 aromatic heterocycles. The van der Waals surface area contributed by atoms with E-state index in [1.54, 1.807) is 19.2 Å². The minimum Gasteiger partial charge on any atom is -0.386 e. The van der Waals surface area contributed by atoms with Crippen molar-refractivity contribution in [3.8, 4) is 11.1 Å². The number of halogens is 1. The summed E-state index contributed by atoms with van der Waals surface area (Å²) in [7, 11) is 3.50. The van der Waals surface area contributed by atoms with Crippen molar-refractivity contribution in [2.45, 2.75) is 75.1 Å². The summed E-state index contributed by atoms with van der Waals surface area (Å²) in [4.78, 5) is 2.53. The number of nitrogens with zero attached hydrogens (tertiary/aromatic N) is 1. The van der Waals surface area contributed by atoms with Gasteiger partial charge in [-0.3, -0.25) is 10.2 Å². The first-order valence-electron chi connectivity index (χ1n) is 12.7. The summed E-state index contributed by atoms with van der Waals surface area (Å²) >= 11 is 0. The highest BCUT2D eigenvalue weighted by Gasteiger charge is 2.51. The van der Waals surface area contributed by atoms with Gasteiger partial charge in [0.05, 0.1) is 0 Å². The van der Waals surface area contributed by atoms with Crippen molar-refractivity contribution in [1.82, 2.24) is 10.2 Å². The zero-order valence-electron chi connectivity index (χ0n) is 20.3. The van der Waals surface area contributed by atoms with Crippen LogP contribution in [-0.2, 0) is 15.9 Å². The van der Waals surface area contributed by atoms with Crippen LogP contribution in [0, 0.1) is 11.7 Å². The fourth-order valence-electron chi connectivity index (χ4n) is 5.79. The number of likely N-dealkylation sites (tertiary alicyclic amines) is 1. The summed E-state index contributed by atoms with van der Waals surface area (Å²) in [5.74, 6) is 0.358. The first-order chi connectivity index (χ1) is 16.5. The third kappa shape index (κ3) is 4.93. The molecule has 184 valence electrons. The Labute approximate surface area is 202 Å². The number of aliphatic hydroxyl groups is 1. The third-order valence-corrected chi connectivity index (χ3v) is 8.09. The van der Waals surface area contributed by atoms with E-state index in [-0.39, 0.29) is 30.4 Å². The molecular formula is C28H37FN2O3. The maximum Gasteiger partial charge on any atom is 0.137 e. The lowest BCUT2D eigenvalue weighted by molar-refractivity contribution is -0.102. The van der Waals surface area contributed by atoms with Gasteiger partial charge in [-0.1, -0.05) is 42.8 Å². The molecule has 1 saturated heterocycles. The quantitative estimate of drug-likeness (QED) is 0.508. The van der Waals surface area contributed by atoms with E-state index in [0.29, 0.717) is 5.92 Å². The van der Waals surface area contributed by atoms with E-state index < -0.39 is 5.60 Å². The van der Waals surface area contributed by atoms with Gasteiger partial charge >= 0.3 is 0 Å². The van der Waals surface area contributed by atoms with Gasteiger partial charge in [0, 0.05) is 32.8 Å². The van der Waals surface area contributed by atoms with Crippen molar-refractivity contribution in [1.29, 1.82) is 0 Å². The minimum absolute atomic E-state index is 0.113. The summed E-state index contributed by atoms with van der Waals surface area (Å²) < 4.78 is 25.6. The SMILES string of the molecule is COC(C1CCC1)N1CCC(NC(OC)C2(O)CC2)C1Cc1cccc(-c2cccc(F)c2)c1. The van der Waals surface area contributed by atoms with Crippen LogP contribution in [0.25, 0.3) is 11.1 Å². The van der Waals surface area contributed by atoms with Gasteiger partial charge in [-0.05, 0) is 73.3 Å². The van der Waals surface area contributed by atoms with E-state index in [2.05, 4.69) is 28.4 Å². The average Bonchev–Trinajstić information content (AvgIpc) is 3.44. The molecule has 0 radical (unpaired) electrons. The Morgan fingerprint density at radius 3 is 2.41 bits per heavy atom. The van der Waals surface area contributed by atoms with E-state index in [0.717, 1.165) is 43.4 Å². The van der Waals surface area contributed by atoms with Crippen LogP contribution in [0.5, 0.6) is 0 Å². The predicted molar refractivity (Wildman–Crippen MR) is 131 cm³/mol. The molecule has 0 amide bonds. The summed E-state index contributed by atoms with van der Waals surface area (Å²) in [5.41, 5.74) is 2.38. The zero-order chi connectivity index (χ0) is 23.7. The Bertz CT molecular complexity index is 978. The van der Waals surface area contributed by atoms with Crippen molar-refractivity contribution in [2.24, 2.45) is 5.92 Å². The van der Waals surface area contributed by atoms with E-state index in [1.807, 2.05) is 19.2 Å². The maximum absolute atomic E-state index is 13.8. The molecular weight excluding hydrogens is 431 g/mol. The molecule has 6 heteroatoms. The monoisotopic (exact) mass is 468 g/mol. The van der Waals surface area contributed by atoms with Gasteiger partial charge in [-0.2, -0.15) is 0 Å². The molecule has 1 aliphatic heterocycles. The number of methoxy groups -OCH3 is 2. The molecule has 3 aliphatic rings. The summed E-state index contributed by atoms with van der Waals surface area (Å²) in [6.07, 6.45) is 6.85. The van der Waals surface area contributed by atoms with E-state index in [4.69, 9.17) is 9.47 Å². The van der Waals surface area contributed by atoms with Gasteiger partial charge < -0.3 is 14.6 Å². The molecule has 0 spiro atoms. The van der Waals surface area contributed by atoms with Gasteiger partial charge in [0.25, 0.3) is 0 Å². The molecule has 2 aliphatic carbocycles. The lowest BCUT2D eigenvalue weighted by Gasteiger charge is -2.42. The highest BCUT2D eigenvalue weighted by atomic mass is 19.1. The molecule has 4 atom stereocenters. The highest BCUT2D eigenvalue weighted by Crippen LogP contribution is 2.41. The molecule has 4 unspecified atom stereocenters. The van der Waals surface area contributed by atoms with Crippen LogP contribution in [0.3, 0.4) is 0 Å². The molecule has 2 aromatic rings. The Kier molecular flexibility index (Phi) is 7.05. The topological polar surface area (TPSA) is 54.0 Å². The van der Waals surface area contributed by atoms with Gasteiger partial charge in [-0.15, -0.1) is 0 Å². The Morgan fingerprint density at radius 2 is 1.79 bits per heavy atom. The predicted octanol–water partition coefficient (Wildman–Crippen LogP) is 4.34. The molecule has 34 heavy (non-hydrogen) atoms. The van der Waals surface area contributed by atoms with Crippen LogP contribution in [0.4, 0.5) is 4.39 Å². The number of hydrogen-bond donors (Lipinski definition) is 2. The van der Waals surface area contributed by atoms with E-state index in [1.165, 1.54) is 30.9 Å². The standard InChI is InChI=1S/C28H37FN2O3/c1-33-26(20-7-4-8-20)31-15-12-24(30-27(34-2)28(32)13-14-28)25(31)17-19-6-3-9-21(16-19)22-10-5-11-23(29)18-22/h3,5-6,9-11,16,18,20,24-27,30,32H,4,7-8,12-15,17H2,1-2H3. The van der Waals surface area contributed by atoms with Crippen LogP contribution < -0.4 is 5.32 Å². The Balaban J connectivity index is 1.40. The number of benzene rings is 2. The molecule has 5 rings (SSSR count). The molecule has 3 fully saturated rings. The van der Waals surface area contributed by atoms with Gasteiger partial charge in [0.1, 0.15) is 23.9 Å². The number of nitrogens with one attached hydrogen (secondary N) is 1. The second-order valence-electron chi connectivity index (χ2n) is 10.3. The van der Waals surface area contributed by atoms with Crippen LogP contribution in [0.1, 0.15) is 44.1 Å². The van der Waals surface area contributed by atoms with Crippen molar-refractivity contribution in [2.75, 3.05) is 20.8 Å². The molecule has 2 saturated carbocycles. The highest BCUT2D eigenvalue weighted by molar-refractivity contribution is 5.64. The van der Waals surface area contributed by atoms with Crippen LogP contribution in [0.2, 0.25) is 0 Å². The number of hydrogen-bond acceptors (Lipinski definition) is 5. The molecule has 1 heterocycles. The third-order valence-electron chi connectivity index (χ3n) is 8.09. The summed E-state index contributed by atoms with van der Waals surface area (Å²) in [6.45, 7) is 0.954. The second kappa shape index (κ2) is 10.0. The van der Waals surface area contributed by atoms with Crippen molar-refractivity contribution in [3.05, 3.63) is 59.9 Å². The summed E-state index contributed by atoms with van der Waals surface area (Å²) in [5, 5.41) is 14.4. The largest absolute Gasteiger partial charge is 0.386 e. The van der Waals surface area contributed by atoms with E-state index >= 15 is 0 Å². The minimum atomic E-state index is -0.751. The van der Waals surface area contributed by atoms with Crippen molar-refractivity contribution >= 4 is 0 Å². The zero-order valence-corrected chi connectivity index (χ0v) is 20.3. The van der Waals surface area contributed by atoms with Crippen molar-refractivity contribution < 1.29 is 19.0 Å². The number of ether oxygens (including phenoxy) is 2. The van der Waals surface area contributed by atoms with Gasteiger partial charge in [-0.25, -0.2) is 4.39 Å². The average molecular weight is 469 g/mol. The molecule has 0 bridgehead atoms. The molecule has 2 N–H and O–H groups in total. The Hall–Kier alpha value is -1.83. The lowest BCUT2D eigenvalue weighted by Crippen LogP contribution is -2.55. The van der Waals surface area contributed by atoms with Crippen LogP contribution >= 0.6 is 0 Å². The van der Waals surface area contributed by atoms with Crippen LogP contribution in [-0.4, -0.2) is 60.9 Å². The fraction of sp³-hybridized carbons (Fsp3) is 0.571. The fourth-order valence-corrected chi connectivity index (χ4v) is 5.79. The van der Waals surface area contributed by atoms with Gasteiger partial charge in [0.2, 0.25) is 0 Å². The van der Waals surface area contributed by atoms with E-state index in [9.17, 15) is 9.50 Å². The smallest absolute Gasteiger partial charge is 0.137 e. The van der Waals surface area contributed by atoms with Gasteiger partial charge in [0.15, 0.2) is 0 Å². The number of rotatable bonds is 10. The first-order valence-corrected chi connectivity index (χ1v) is 12.7. The second-order valence-corrected chi connectivity index (χ2v) is 10.3.